The number of sulfonamides is 1. The van der Waals surface area contributed by atoms with E-state index in [0.29, 0.717) is 24.3 Å². The number of rotatable bonds is 5. The first kappa shape index (κ1) is 20.8. The van der Waals surface area contributed by atoms with E-state index in [1.807, 2.05) is 0 Å². The summed E-state index contributed by atoms with van der Waals surface area (Å²) in [5.41, 5.74) is 2.05. The van der Waals surface area contributed by atoms with Crippen LogP contribution in [-0.2, 0) is 14.8 Å². The smallest absolute Gasteiger partial charge is 0.248 e. The first-order valence-electron chi connectivity index (χ1n) is 9.65. The Kier molecular flexibility index (Phi) is 6.86. The molecule has 1 fully saturated rings. The molecule has 2 aromatic rings. The van der Waals surface area contributed by atoms with Crippen molar-refractivity contribution in [2.75, 3.05) is 18.4 Å². The van der Waals surface area contributed by atoms with Crippen molar-refractivity contribution in [1.82, 2.24) is 4.31 Å². The van der Waals surface area contributed by atoms with Crippen molar-refractivity contribution in [1.29, 1.82) is 0 Å². The van der Waals surface area contributed by atoms with Crippen LogP contribution < -0.4 is 5.32 Å². The topological polar surface area (TPSA) is 66.5 Å². The van der Waals surface area contributed by atoms with Crippen LogP contribution in [0.4, 0.5) is 5.69 Å². The number of carbonyl (C=O) groups is 1. The molecule has 1 heterocycles. The van der Waals surface area contributed by atoms with Gasteiger partial charge < -0.3 is 5.32 Å². The van der Waals surface area contributed by atoms with E-state index < -0.39 is 10.0 Å². The molecule has 0 atom stereocenters. The molecule has 0 saturated carbocycles. The van der Waals surface area contributed by atoms with E-state index >= 15 is 0 Å². The van der Waals surface area contributed by atoms with E-state index in [1.54, 1.807) is 58.9 Å². The van der Waals surface area contributed by atoms with Gasteiger partial charge in [0.05, 0.1) is 4.90 Å². The Balaban J connectivity index is 1.65. The number of nitrogens with one attached hydrogen (secondary N) is 1. The highest BCUT2D eigenvalue weighted by Gasteiger charge is 2.24. The van der Waals surface area contributed by atoms with E-state index in [2.05, 4.69) is 11.2 Å². The Morgan fingerprint density at radius 1 is 1.03 bits per heavy atom. The Morgan fingerprint density at radius 3 is 2.38 bits per heavy atom. The standard InChI is InChI=1S/C23H24N2O3S/c1-2-19-8-7-9-21(18-19)24-23(26)15-12-20-10-13-22(14-11-20)29(27,28)25-16-5-3-4-6-17-25/h1,7-15,18H,3-6,16-17H2,(H,24,26)/b15-12+. The number of amides is 1. The Bertz CT molecular complexity index is 1030. The second kappa shape index (κ2) is 9.55. The van der Waals surface area contributed by atoms with E-state index in [0.717, 1.165) is 31.2 Å². The molecular formula is C23H24N2O3S. The summed E-state index contributed by atoms with van der Waals surface area (Å²) in [6.45, 7) is 1.15. The molecule has 1 amide bonds. The summed E-state index contributed by atoms with van der Waals surface area (Å²) in [6, 6.07) is 13.6. The second-order valence-corrected chi connectivity index (χ2v) is 8.87. The lowest BCUT2D eigenvalue weighted by Gasteiger charge is -2.19. The second-order valence-electron chi connectivity index (χ2n) is 6.94. The number of anilines is 1. The Morgan fingerprint density at radius 2 is 1.72 bits per heavy atom. The molecule has 2 aromatic carbocycles. The quantitative estimate of drug-likeness (QED) is 0.603. The normalized spacial score (nSPS) is 15.6. The van der Waals surface area contributed by atoms with Gasteiger partial charge in [-0.05, 0) is 54.8 Å². The molecule has 1 aliphatic heterocycles. The molecule has 3 rings (SSSR count). The third-order valence-corrected chi connectivity index (χ3v) is 6.72. The van der Waals surface area contributed by atoms with Crippen LogP contribution in [0.5, 0.6) is 0 Å². The molecule has 6 heteroatoms. The summed E-state index contributed by atoms with van der Waals surface area (Å²) in [5.74, 6) is 2.23. The van der Waals surface area contributed by atoms with Crippen LogP contribution in [-0.4, -0.2) is 31.7 Å². The number of nitrogens with zero attached hydrogens (tertiary/aromatic N) is 1. The molecule has 0 radical (unpaired) electrons. The fourth-order valence-electron chi connectivity index (χ4n) is 3.22. The zero-order valence-corrected chi connectivity index (χ0v) is 17.0. The first-order chi connectivity index (χ1) is 14.0. The van der Waals surface area contributed by atoms with E-state index in [-0.39, 0.29) is 10.8 Å². The van der Waals surface area contributed by atoms with E-state index in [4.69, 9.17) is 6.42 Å². The van der Waals surface area contributed by atoms with Crippen LogP contribution in [0.3, 0.4) is 0 Å². The van der Waals surface area contributed by atoms with Crippen molar-refractivity contribution in [3.8, 4) is 12.3 Å². The lowest BCUT2D eigenvalue weighted by atomic mass is 10.2. The maximum absolute atomic E-state index is 12.8. The minimum absolute atomic E-state index is 0.284. The molecule has 0 bridgehead atoms. The number of benzene rings is 2. The van der Waals surface area contributed by atoms with Gasteiger partial charge in [-0.3, -0.25) is 4.79 Å². The van der Waals surface area contributed by atoms with Crippen LogP contribution in [0.15, 0.2) is 59.5 Å². The molecule has 0 aliphatic carbocycles. The molecule has 1 aliphatic rings. The summed E-state index contributed by atoms with van der Waals surface area (Å²) in [4.78, 5) is 12.4. The molecule has 150 valence electrons. The maximum Gasteiger partial charge on any atom is 0.248 e. The van der Waals surface area contributed by atoms with Gasteiger partial charge in [0, 0.05) is 30.4 Å². The van der Waals surface area contributed by atoms with Crippen molar-refractivity contribution in [3.05, 3.63) is 65.7 Å². The molecule has 0 aromatic heterocycles. The molecular weight excluding hydrogens is 384 g/mol. The fourth-order valence-corrected chi connectivity index (χ4v) is 4.74. The average molecular weight is 409 g/mol. The van der Waals surface area contributed by atoms with Gasteiger partial charge in [0.1, 0.15) is 0 Å². The van der Waals surface area contributed by atoms with Gasteiger partial charge in [-0.25, -0.2) is 8.42 Å². The zero-order valence-electron chi connectivity index (χ0n) is 16.2. The van der Waals surface area contributed by atoms with Gasteiger partial charge in [-0.1, -0.05) is 37.0 Å². The van der Waals surface area contributed by atoms with Crippen LogP contribution in [0.25, 0.3) is 6.08 Å². The van der Waals surface area contributed by atoms with E-state index in [9.17, 15) is 13.2 Å². The van der Waals surface area contributed by atoms with Crippen molar-refractivity contribution in [3.63, 3.8) is 0 Å². The van der Waals surface area contributed by atoms with Crippen LogP contribution >= 0.6 is 0 Å². The largest absolute Gasteiger partial charge is 0.322 e. The molecule has 5 nitrogen and oxygen atoms in total. The molecule has 0 spiro atoms. The van der Waals surface area contributed by atoms with Gasteiger partial charge in [-0.15, -0.1) is 6.42 Å². The highest BCUT2D eigenvalue weighted by molar-refractivity contribution is 7.89. The van der Waals surface area contributed by atoms with Crippen molar-refractivity contribution < 1.29 is 13.2 Å². The maximum atomic E-state index is 12.8. The summed E-state index contributed by atoms with van der Waals surface area (Å²) in [7, 11) is -3.47. The van der Waals surface area contributed by atoms with Gasteiger partial charge in [0.15, 0.2) is 0 Å². The van der Waals surface area contributed by atoms with Gasteiger partial charge in [0.2, 0.25) is 15.9 Å². The third kappa shape index (κ3) is 5.57. The predicted molar refractivity (Wildman–Crippen MR) is 116 cm³/mol. The highest BCUT2D eigenvalue weighted by atomic mass is 32.2. The Hall–Kier alpha value is -2.88. The SMILES string of the molecule is C#Cc1cccc(NC(=O)/C=C/c2ccc(S(=O)(=O)N3CCCCCC3)cc2)c1. The number of terminal acetylenes is 1. The first-order valence-corrected chi connectivity index (χ1v) is 11.1. The van der Waals surface area contributed by atoms with Crippen molar-refractivity contribution in [2.45, 2.75) is 30.6 Å². The van der Waals surface area contributed by atoms with Crippen LogP contribution in [0.1, 0.15) is 36.8 Å². The highest BCUT2D eigenvalue weighted by Crippen LogP contribution is 2.21. The predicted octanol–water partition coefficient (Wildman–Crippen LogP) is 3.88. The van der Waals surface area contributed by atoms with Gasteiger partial charge in [-0.2, -0.15) is 4.31 Å². The fraction of sp³-hybridized carbons (Fsp3) is 0.261. The molecule has 29 heavy (non-hydrogen) atoms. The zero-order chi connectivity index (χ0) is 20.7. The lowest BCUT2D eigenvalue weighted by Crippen LogP contribution is -2.31. The van der Waals surface area contributed by atoms with Crippen LogP contribution in [0.2, 0.25) is 0 Å². The minimum atomic E-state index is -3.47. The van der Waals surface area contributed by atoms with Gasteiger partial charge in [0.25, 0.3) is 0 Å². The summed E-state index contributed by atoms with van der Waals surface area (Å²) >= 11 is 0. The minimum Gasteiger partial charge on any atom is -0.322 e. The van der Waals surface area contributed by atoms with Crippen molar-refractivity contribution in [2.24, 2.45) is 0 Å². The monoisotopic (exact) mass is 408 g/mol. The Labute approximate surface area is 172 Å². The summed E-state index contributed by atoms with van der Waals surface area (Å²) in [6.07, 6.45) is 12.4. The van der Waals surface area contributed by atoms with E-state index in [1.165, 1.54) is 6.08 Å². The molecule has 1 saturated heterocycles. The molecule has 1 N–H and O–H groups in total. The van der Waals surface area contributed by atoms with Crippen molar-refractivity contribution >= 4 is 27.7 Å². The van der Waals surface area contributed by atoms with Gasteiger partial charge >= 0.3 is 0 Å². The number of carbonyl (C=O) groups excluding carboxylic acids is 1. The lowest BCUT2D eigenvalue weighted by molar-refractivity contribution is -0.111. The third-order valence-electron chi connectivity index (χ3n) is 4.81. The summed E-state index contributed by atoms with van der Waals surface area (Å²) < 4.78 is 27.2. The van der Waals surface area contributed by atoms with Crippen LogP contribution in [0, 0.1) is 12.3 Å². The number of hydrogen-bond acceptors (Lipinski definition) is 3. The molecule has 0 unspecified atom stereocenters. The number of hydrogen-bond donors (Lipinski definition) is 1. The summed E-state index contributed by atoms with van der Waals surface area (Å²) in [5, 5.41) is 2.75. The average Bonchev–Trinajstić information content (AvgIpc) is 3.03.